The molecule has 3 aromatic rings. The Labute approximate surface area is 161 Å². The summed E-state index contributed by atoms with van der Waals surface area (Å²) in [5.74, 6) is 0.589. The molecule has 1 heterocycles. The monoisotopic (exact) mass is 386 g/mol. The molecule has 0 amide bonds. The molecule has 1 atom stereocenters. The molecule has 0 radical (unpaired) electrons. The van der Waals surface area contributed by atoms with Crippen LogP contribution in [-0.4, -0.2) is 21.2 Å². The Hall–Kier alpha value is -2.67. The van der Waals surface area contributed by atoms with Crippen LogP contribution in [0.5, 0.6) is 5.75 Å². The van der Waals surface area contributed by atoms with Gasteiger partial charge in [0.25, 0.3) is 11.1 Å². The van der Waals surface area contributed by atoms with E-state index in [-0.39, 0.29) is 23.4 Å². The summed E-state index contributed by atoms with van der Waals surface area (Å²) in [4.78, 5) is 12.4. The number of carbonyl (C=O) groups is 1. The number of carbonyl (C=O) groups excluding carboxylic acids is 1. The van der Waals surface area contributed by atoms with Gasteiger partial charge in [0, 0.05) is 5.56 Å². The van der Waals surface area contributed by atoms with Gasteiger partial charge in [-0.3, -0.25) is 4.79 Å². The van der Waals surface area contributed by atoms with Crippen LogP contribution in [0, 0.1) is 19.7 Å². The van der Waals surface area contributed by atoms with Crippen LogP contribution < -0.4 is 4.74 Å². The maximum atomic E-state index is 13.0. The van der Waals surface area contributed by atoms with Crippen LogP contribution >= 0.6 is 11.8 Å². The summed E-state index contributed by atoms with van der Waals surface area (Å²) in [5.41, 5.74) is 2.56. The predicted octanol–water partition coefficient (Wildman–Crippen LogP) is 4.77. The van der Waals surface area contributed by atoms with E-state index in [0.29, 0.717) is 11.5 Å². The minimum atomic E-state index is -0.441. The molecule has 0 aliphatic carbocycles. The molecule has 1 unspecified atom stereocenters. The molecule has 2 aromatic carbocycles. The number of aromatic nitrogens is 2. The first-order valence-corrected chi connectivity index (χ1v) is 9.29. The summed E-state index contributed by atoms with van der Waals surface area (Å²) in [6.07, 6.45) is 0. The molecule has 140 valence electrons. The van der Waals surface area contributed by atoms with Crippen LogP contribution in [0.4, 0.5) is 4.39 Å². The van der Waals surface area contributed by atoms with E-state index in [1.165, 1.54) is 24.3 Å². The Morgan fingerprint density at radius 2 is 1.93 bits per heavy atom. The van der Waals surface area contributed by atoms with Gasteiger partial charge in [-0.15, -0.1) is 10.2 Å². The number of benzene rings is 2. The quantitative estimate of drug-likeness (QED) is 0.431. The fourth-order valence-electron chi connectivity index (χ4n) is 2.40. The maximum Gasteiger partial charge on any atom is 0.277 e. The number of nitrogens with zero attached hydrogens (tertiary/aromatic N) is 2. The van der Waals surface area contributed by atoms with Crippen LogP contribution in [0.25, 0.3) is 0 Å². The van der Waals surface area contributed by atoms with Gasteiger partial charge in [0.1, 0.15) is 11.6 Å². The van der Waals surface area contributed by atoms with E-state index >= 15 is 0 Å². The minimum absolute atomic E-state index is 0.133. The average molecular weight is 386 g/mol. The Bertz CT molecular complexity index is 941. The number of aryl methyl sites for hydroxylation is 2. The Morgan fingerprint density at radius 3 is 2.67 bits per heavy atom. The number of ketones is 1. The molecule has 0 saturated carbocycles. The summed E-state index contributed by atoms with van der Waals surface area (Å²) >= 11 is 1.16. The second-order valence-corrected chi connectivity index (χ2v) is 7.44. The van der Waals surface area contributed by atoms with Gasteiger partial charge < -0.3 is 9.15 Å². The van der Waals surface area contributed by atoms with Gasteiger partial charge in [-0.25, -0.2) is 4.39 Å². The second-order valence-electron chi connectivity index (χ2n) is 6.15. The highest BCUT2D eigenvalue weighted by atomic mass is 32.2. The van der Waals surface area contributed by atoms with Gasteiger partial charge in [-0.1, -0.05) is 23.9 Å². The van der Waals surface area contributed by atoms with Crippen molar-refractivity contribution >= 4 is 17.5 Å². The van der Waals surface area contributed by atoms with E-state index in [9.17, 15) is 9.18 Å². The fourth-order valence-corrected chi connectivity index (χ4v) is 3.18. The van der Waals surface area contributed by atoms with E-state index in [1.807, 2.05) is 32.0 Å². The van der Waals surface area contributed by atoms with Crippen molar-refractivity contribution in [2.24, 2.45) is 0 Å². The number of ether oxygens (including phenoxy) is 1. The summed E-state index contributed by atoms with van der Waals surface area (Å²) in [6, 6.07) is 11.4. The number of rotatable bonds is 7. The van der Waals surface area contributed by atoms with Gasteiger partial charge in [0.05, 0.1) is 5.25 Å². The Balaban J connectivity index is 1.59. The highest BCUT2D eigenvalue weighted by Crippen LogP contribution is 2.25. The van der Waals surface area contributed by atoms with E-state index in [2.05, 4.69) is 10.2 Å². The Morgan fingerprint density at radius 1 is 1.19 bits per heavy atom. The van der Waals surface area contributed by atoms with Crippen molar-refractivity contribution in [3.63, 3.8) is 0 Å². The number of hydrogen-bond donors (Lipinski definition) is 0. The molecule has 0 saturated heterocycles. The third-order valence-electron chi connectivity index (χ3n) is 3.92. The summed E-state index contributed by atoms with van der Waals surface area (Å²) in [7, 11) is 0. The smallest absolute Gasteiger partial charge is 0.277 e. The largest absolute Gasteiger partial charge is 0.484 e. The van der Waals surface area contributed by atoms with E-state index in [1.54, 1.807) is 6.92 Å². The molecule has 0 aliphatic rings. The van der Waals surface area contributed by atoms with Crippen molar-refractivity contribution in [2.45, 2.75) is 37.9 Å². The summed E-state index contributed by atoms with van der Waals surface area (Å²) < 4.78 is 24.3. The second kappa shape index (κ2) is 8.35. The van der Waals surface area contributed by atoms with Crippen LogP contribution in [0.1, 0.15) is 34.3 Å². The van der Waals surface area contributed by atoms with E-state index < -0.39 is 5.25 Å². The van der Waals surface area contributed by atoms with Crippen molar-refractivity contribution in [2.75, 3.05) is 0 Å². The molecule has 7 heteroatoms. The normalized spacial score (nSPS) is 12.0. The lowest BCUT2D eigenvalue weighted by Crippen LogP contribution is -2.13. The first kappa shape index (κ1) is 19.1. The zero-order chi connectivity index (χ0) is 19.4. The van der Waals surface area contributed by atoms with Gasteiger partial charge in [0.15, 0.2) is 12.4 Å². The van der Waals surface area contributed by atoms with Gasteiger partial charge in [-0.05, 0) is 62.2 Å². The molecule has 27 heavy (non-hydrogen) atoms. The van der Waals surface area contributed by atoms with Gasteiger partial charge in [0.2, 0.25) is 0 Å². The van der Waals surface area contributed by atoms with Crippen molar-refractivity contribution in [1.29, 1.82) is 0 Å². The number of thioether (sulfide) groups is 1. The average Bonchev–Trinajstić information content (AvgIpc) is 3.10. The third-order valence-corrected chi connectivity index (χ3v) is 4.85. The molecule has 3 rings (SSSR count). The molecule has 0 spiro atoms. The molecule has 0 aliphatic heterocycles. The molecular formula is C20H19FN2O3S. The molecule has 5 nitrogen and oxygen atoms in total. The van der Waals surface area contributed by atoms with Crippen LogP contribution in [0.3, 0.4) is 0 Å². The van der Waals surface area contributed by atoms with Crippen LogP contribution in [0.2, 0.25) is 0 Å². The van der Waals surface area contributed by atoms with E-state index in [0.717, 1.165) is 28.6 Å². The molecule has 0 N–H and O–H groups in total. The molecular weight excluding hydrogens is 367 g/mol. The first-order chi connectivity index (χ1) is 12.9. The van der Waals surface area contributed by atoms with Gasteiger partial charge >= 0.3 is 0 Å². The lowest BCUT2D eigenvalue weighted by molar-refractivity contribution is 0.0993. The van der Waals surface area contributed by atoms with Crippen LogP contribution in [0.15, 0.2) is 52.1 Å². The van der Waals surface area contributed by atoms with Crippen molar-refractivity contribution in [1.82, 2.24) is 10.2 Å². The fraction of sp³-hybridized carbons (Fsp3) is 0.250. The zero-order valence-corrected chi connectivity index (χ0v) is 16.0. The summed E-state index contributed by atoms with van der Waals surface area (Å²) in [6.45, 7) is 5.85. The molecule has 1 aromatic heterocycles. The van der Waals surface area contributed by atoms with Crippen molar-refractivity contribution in [3.05, 3.63) is 70.9 Å². The SMILES string of the molecule is Cc1ccc(C)c(OCc2nnc(SC(C)C(=O)c3ccc(F)cc3)o2)c1. The van der Waals surface area contributed by atoms with Gasteiger partial charge in [-0.2, -0.15) is 0 Å². The van der Waals surface area contributed by atoms with Crippen molar-refractivity contribution < 1.29 is 18.3 Å². The molecule has 0 fully saturated rings. The number of halogens is 1. The van der Waals surface area contributed by atoms with Crippen molar-refractivity contribution in [3.8, 4) is 5.75 Å². The lowest BCUT2D eigenvalue weighted by Gasteiger charge is -2.08. The Kier molecular flexibility index (Phi) is 5.91. The highest BCUT2D eigenvalue weighted by Gasteiger charge is 2.20. The number of Topliss-reactive ketones (excluding diaryl/α,β-unsaturated/α-hetero) is 1. The van der Waals surface area contributed by atoms with E-state index in [4.69, 9.17) is 9.15 Å². The minimum Gasteiger partial charge on any atom is -0.484 e. The topological polar surface area (TPSA) is 65.2 Å². The highest BCUT2D eigenvalue weighted by molar-refractivity contribution is 8.00. The first-order valence-electron chi connectivity index (χ1n) is 8.41. The lowest BCUT2D eigenvalue weighted by atomic mass is 10.1. The number of hydrogen-bond acceptors (Lipinski definition) is 6. The predicted molar refractivity (Wildman–Crippen MR) is 101 cm³/mol. The summed E-state index contributed by atoms with van der Waals surface area (Å²) in [5, 5.41) is 7.76. The standard InChI is InChI=1S/C20H19FN2O3S/c1-12-4-5-13(2)17(10-12)25-11-18-22-23-20(26-18)27-14(3)19(24)15-6-8-16(21)9-7-15/h4-10,14H,11H2,1-3H3. The molecule has 0 bridgehead atoms. The van der Waals surface area contributed by atoms with Crippen LogP contribution in [-0.2, 0) is 6.61 Å². The maximum absolute atomic E-state index is 13.0. The zero-order valence-electron chi connectivity index (χ0n) is 15.2. The third kappa shape index (κ3) is 4.95.